The Labute approximate surface area is 118 Å². The highest BCUT2D eigenvalue weighted by molar-refractivity contribution is 5.97. The number of carbonyl (C=O) groups is 1. The van der Waals surface area contributed by atoms with Gasteiger partial charge < -0.3 is 25.3 Å². The van der Waals surface area contributed by atoms with Gasteiger partial charge in [0.2, 0.25) is 0 Å². The number of nitrogens with one attached hydrogen (secondary N) is 1. The molecule has 20 heavy (non-hydrogen) atoms. The van der Waals surface area contributed by atoms with Crippen molar-refractivity contribution in [2.45, 2.75) is 32.0 Å². The van der Waals surface area contributed by atoms with Gasteiger partial charge in [0.05, 0.1) is 31.7 Å². The van der Waals surface area contributed by atoms with Crippen LogP contribution in [0.15, 0.2) is 12.1 Å². The quantitative estimate of drug-likeness (QED) is 0.822. The number of nitrogen functional groups attached to an aromatic ring is 1. The Morgan fingerprint density at radius 2 is 1.95 bits per heavy atom. The number of benzene rings is 1. The van der Waals surface area contributed by atoms with Crippen LogP contribution in [0.2, 0.25) is 0 Å². The van der Waals surface area contributed by atoms with Crippen LogP contribution in [-0.4, -0.2) is 32.3 Å². The largest absolute Gasteiger partial charge is 0.493 e. The van der Waals surface area contributed by atoms with E-state index in [9.17, 15) is 4.79 Å². The molecule has 1 aromatic rings. The maximum atomic E-state index is 12.1. The molecule has 3 N–H and O–H groups in total. The summed E-state index contributed by atoms with van der Waals surface area (Å²) in [4.78, 5) is 12.1. The van der Waals surface area contributed by atoms with Gasteiger partial charge in [-0.05, 0) is 19.8 Å². The first-order valence-electron chi connectivity index (χ1n) is 6.53. The average molecular weight is 280 g/mol. The minimum atomic E-state index is -0.419. The Kier molecular flexibility index (Phi) is 4.34. The number of hydrogen-bond donors (Lipinski definition) is 2. The fourth-order valence-electron chi connectivity index (χ4n) is 2.21. The summed E-state index contributed by atoms with van der Waals surface area (Å²) in [6.07, 6.45) is 1.31. The van der Waals surface area contributed by atoms with Gasteiger partial charge in [-0.3, -0.25) is 4.79 Å². The number of amides is 1. The van der Waals surface area contributed by atoms with Crippen molar-refractivity contribution in [1.82, 2.24) is 0 Å². The zero-order valence-electron chi connectivity index (χ0n) is 11.9. The summed E-state index contributed by atoms with van der Waals surface area (Å²) in [5.41, 5.74) is 6.82. The van der Waals surface area contributed by atoms with Gasteiger partial charge in [0, 0.05) is 12.1 Å². The Bertz CT molecular complexity index is 504. The Morgan fingerprint density at radius 1 is 1.30 bits per heavy atom. The van der Waals surface area contributed by atoms with Gasteiger partial charge in [-0.1, -0.05) is 0 Å². The summed E-state index contributed by atoms with van der Waals surface area (Å²) < 4.78 is 15.9. The van der Waals surface area contributed by atoms with Crippen molar-refractivity contribution in [1.29, 1.82) is 0 Å². The van der Waals surface area contributed by atoms with Crippen LogP contribution < -0.4 is 20.5 Å². The highest BCUT2D eigenvalue weighted by Crippen LogP contribution is 2.35. The lowest BCUT2D eigenvalue weighted by Gasteiger charge is -2.15. The molecule has 2 unspecified atom stereocenters. The van der Waals surface area contributed by atoms with Crippen molar-refractivity contribution in [3.63, 3.8) is 0 Å². The molecule has 0 bridgehead atoms. The molecule has 2 rings (SSSR count). The van der Waals surface area contributed by atoms with Gasteiger partial charge in [0.25, 0.3) is 5.91 Å². The second-order valence-corrected chi connectivity index (χ2v) is 4.80. The summed E-state index contributed by atoms with van der Waals surface area (Å²) in [5.74, 6) is 0.847. The Morgan fingerprint density at radius 3 is 2.50 bits per heavy atom. The van der Waals surface area contributed by atoms with Gasteiger partial charge in [0.15, 0.2) is 11.5 Å². The normalized spacial score (nSPS) is 21.6. The molecule has 2 atom stereocenters. The fourth-order valence-corrected chi connectivity index (χ4v) is 2.21. The lowest BCUT2D eigenvalue weighted by atomic mass is 10.2. The third-order valence-electron chi connectivity index (χ3n) is 3.34. The smallest absolute Gasteiger partial charge is 0.253 e. The first kappa shape index (κ1) is 14.5. The van der Waals surface area contributed by atoms with E-state index in [1.54, 1.807) is 12.1 Å². The Hall–Kier alpha value is -1.95. The van der Waals surface area contributed by atoms with Gasteiger partial charge in [-0.15, -0.1) is 0 Å². The van der Waals surface area contributed by atoms with E-state index < -0.39 is 6.10 Å². The third-order valence-corrected chi connectivity index (χ3v) is 3.34. The average Bonchev–Trinajstić information content (AvgIpc) is 2.87. The second kappa shape index (κ2) is 6.00. The number of methoxy groups -OCH3 is 2. The van der Waals surface area contributed by atoms with Crippen LogP contribution in [0.25, 0.3) is 0 Å². The number of hydrogen-bond acceptors (Lipinski definition) is 5. The highest BCUT2D eigenvalue weighted by atomic mass is 16.5. The SMILES string of the molecule is COc1cc(N)c(NC(=O)C2CCC(C)O2)cc1OC. The van der Waals surface area contributed by atoms with Gasteiger partial charge in [0.1, 0.15) is 6.10 Å². The van der Waals surface area contributed by atoms with E-state index in [-0.39, 0.29) is 12.0 Å². The van der Waals surface area contributed by atoms with Crippen molar-refractivity contribution >= 4 is 17.3 Å². The molecule has 6 heteroatoms. The van der Waals surface area contributed by atoms with Crippen molar-refractivity contribution in [2.24, 2.45) is 0 Å². The standard InChI is InChI=1S/C14H20N2O4/c1-8-4-5-11(20-8)14(17)16-10-7-13(19-3)12(18-2)6-9(10)15/h6-8,11H,4-5,15H2,1-3H3,(H,16,17). The van der Waals surface area contributed by atoms with Crippen LogP contribution in [0.5, 0.6) is 11.5 Å². The summed E-state index contributed by atoms with van der Waals surface area (Å²) in [6.45, 7) is 1.96. The number of carbonyl (C=O) groups excluding carboxylic acids is 1. The van der Waals surface area contributed by atoms with Crippen LogP contribution >= 0.6 is 0 Å². The maximum absolute atomic E-state index is 12.1. The molecule has 0 saturated carbocycles. The molecule has 1 aliphatic heterocycles. The molecule has 0 aromatic heterocycles. The van der Waals surface area contributed by atoms with Crippen molar-refractivity contribution in [3.8, 4) is 11.5 Å². The molecule has 1 heterocycles. The first-order valence-corrected chi connectivity index (χ1v) is 6.53. The molecule has 1 amide bonds. The number of rotatable bonds is 4. The molecule has 0 spiro atoms. The van der Waals surface area contributed by atoms with Crippen LogP contribution in [0.1, 0.15) is 19.8 Å². The van der Waals surface area contributed by atoms with Crippen LogP contribution in [-0.2, 0) is 9.53 Å². The van der Waals surface area contributed by atoms with Crippen molar-refractivity contribution in [2.75, 3.05) is 25.3 Å². The lowest BCUT2D eigenvalue weighted by molar-refractivity contribution is -0.126. The minimum absolute atomic E-state index is 0.119. The summed E-state index contributed by atoms with van der Waals surface area (Å²) in [5, 5.41) is 2.77. The zero-order chi connectivity index (χ0) is 14.7. The fraction of sp³-hybridized carbons (Fsp3) is 0.500. The van der Waals surface area contributed by atoms with Crippen LogP contribution in [0.3, 0.4) is 0 Å². The molecule has 1 aliphatic rings. The van der Waals surface area contributed by atoms with E-state index in [0.29, 0.717) is 22.9 Å². The first-order chi connectivity index (χ1) is 9.55. The lowest BCUT2D eigenvalue weighted by Crippen LogP contribution is -2.28. The summed E-state index contributed by atoms with van der Waals surface area (Å²) in [6, 6.07) is 3.26. The predicted octanol–water partition coefficient (Wildman–Crippen LogP) is 1.79. The van der Waals surface area contributed by atoms with E-state index in [4.69, 9.17) is 19.9 Å². The van der Waals surface area contributed by atoms with Gasteiger partial charge in [-0.25, -0.2) is 0 Å². The molecule has 1 fully saturated rings. The van der Waals surface area contributed by atoms with E-state index in [1.807, 2.05) is 6.92 Å². The number of anilines is 2. The molecular formula is C14H20N2O4. The molecule has 0 radical (unpaired) electrons. The van der Waals surface area contributed by atoms with E-state index >= 15 is 0 Å². The predicted molar refractivity (Wildman–Crippen MR) is 76.2 cm³/mol. The van der Waals surface area contributed by atoms with Crippen LogP contribution in [0, 0.1) is 0 Å². The highest BCUT2D eigenvalue weighted by Gasteiger charge is 2.28. The second-order valence-electron chi connectivity index (χ2n) is 4.80. The number of ether oxygens (including phenoxy) is 3. The van der Waals surface area contributed by atoms with Crippen molar-refractivity contribution < 1.29 is 19.0 Å². The summed E-state index contributed by atoms with van der Waals surface area (Å²) >= 11 is 0. The van der Waals surface area contributed by atoms with Gasteiger partial charge >= 0.3 is 0 Å². The molecule has 0 aliphatic carbocycles. The third kappa shape index (κ3) is 2.96. The maximum Gasteiger partial charge on any atom is 0.253 e. The van der Waals surface area contributed by atoms with E-state index in [0.717, 1.165) is 12.8 Å². The molecule has 110 valence electrons. The van der Waals surface area contributed by atoms with E-state index in [1.165, 1.54) is 14.2 Å². The van der Waals surface area contributed by atoms with Gasteiger partial charge in [-0.2, -0.15) is 0 Å². The number of nitrogens with two attached hydrogens (primary N) is 1. The van der Waals surface area contributed by atoms with Crippen LogP contribution in [0.4, 0.5) is 11.4 Å². The monoisotopic (exact) mass is 280 g/mol. The van der Waals surface area contributed by atoms with E-state index in [2.05, 4.69) is 5.32 Å². The van der Waals surface area contributed by atoms with Crippen molar-refractivity contribution in [3.05, 3.63) is 12.1 Å². The minimum Gasteiger partial charge on any atom is -0.493 e. The molecule has 1 saturated heterocycles. The summed E-state index contributed by atoms with van der Waals surface area (Å²) in [7, 11) is 3.06. The molecule has 6 nitrogen and oxygen atoms in total. The Balaban J connectivity index is 2.14. The topological polar surface area (TPSA) is 82.8 Å². The zero-order valence-corrected chi connectivity index (χ0v) is 11.9. The molecular weight excluding hydrogens is 260 g/mol. The molecule has 1 aromatic carbocycles.